The molecular weight excluding hydrogens is 216 g/mol. The van der Waals surface area contributed by atoms with E-state index in [9.17, 15) is 13.2 Å². The maximum absolute atomic E-state index is 11.2. The molecule has 4 nitrogen and oxygen atoms in total. The maximum Gasteiger partial charge on any atom is 0.328 e. The van der Waals surface area contributed by atoms with E-state index in [-0.39, 0.29) is 4.90 Å². The Balaban J connectivity index is 3.09. The topological polar surface area (TPSA) is 71.4 Å². The highest BCUT2D eigenvalue weighted by Crippen LogP contribution is 2.12. The van der Waals surface area contributed by atoms with Crippen molar-refractivity contribution in [3.63, 3.8) is 0 Å². The molecule has 1 N–H and O–H groups in total. The molecule has 0 spiro atoms. The summed E-state index contributed by atoms with van der Waals surface area (Å²) in [5.41, 5.74) is 0.542. The minimum absolute atomic E-state index is 0.176. The molecule has 0 aliphatic carbocycles. The second-order valence-corrected chi connectivity index (χ2v) is 5.03. The van der Waals surface area contributed by atoms with Gasteiger partial charge in [-0.1, -0.05) is 12.1 Å². The van der Waals surface area contributed by atoms with Crippen LogP contribution in [0, 0.1) is 0 Å². The highest BCUT2D eigenvalue weighted by atomic mass is 32.2. The summed E-state index contributed by atoms with van der Waals surface area (Å²) in [6.45, 7) is 0. The van der Waals surface area contributed by atoms with Gasteiger partial charge in [0.2, 0.25) is 0 Å². The molecule has 0 aromatic heterocycles. The summed E-state index contributed by atoms with van der Waals surface area (Å²) in [5, 5.41) is 8.40. The van der Waals surface area contributed by atoms with Crippen molar-refractivity contribution in [3.8, 4) is 0 Å². The van der Waals surface area contributed by atoms with Crippen LogP contribution in [-0.4, -0.2) is 25.7 Å². The summed E-state index contributed by atoms with van der Waals surface area (Å²) in [4.78, 5) is 10.4. The molecule has 1 aromatic rings. The summed E-state index contributed by atoms with van der Waals surface area (Å²) in [6, 6.07) is 6.09. The molecule has 0 atom stereocenters. The smallest absolute Gasteiger partial charge is 0.328 e. The first kappa shape index (κ1) is 11.5. The fourth-order valence-electron chi connectivity index (χ4n) is 1.02. The largest absolute Gasteiger partial charge is 0.478 e. The Labute approximate surface area is 87.8 Å². The van der Waals surface area contributed by atoms with Gasteiger partial charge in [0.05, 0.1) is 4.90 Å². The van der Waals surface area contributed by atoms with Gasteiger partial charge in [0, 0.05) is 12.3 Å². The molecule has 0 bridgehead atoms. The molecule has 0 aliphatic heterocycles. The van der Waals surface area contributed by atoms with Gasteiger partial charge in [-0.15, -0.1) is 0 Å². The molecule has 15 heavy (non-hydrogen) atoms. The summed E-state index contributed by atoms with van der Waals surface area (Å²) >= 11 is 0. The van der Waals surface area contributed by atoms with Crippen molar-refractivity contribution in [3.05, 3.63) is 35.9 Å². The zero-order valence-corrected chi connectivity index (χ0v) is 8.86. The maximum atomic E-state index is 11.2. The van der Waals surface area contributed by atoms with Crippen LogP contribution in [0.3, 0.4) is 0 Å². The van der Waals surface area contributed by atoms with Gasteiger partial charge in [-0.3, -0.25) is 0 Å². The van der Waals surface area contributed by atoms with Crippen molar-refractivity contribution in [2.24, 2.45) is 0 Å². The van der Waals surface area contributed by atoms with E-state index in [1.807, 2.05) is 0 Å². The van der Waals surface area contributed by atoms with Crippen molar-refractivity contribution in [1.29, 1.82) is 0 Å². The third-order valence-corrected chi connectivity index (χ3v) is 2.81. The number of carboxylic acid groups (broad SMARTS) is 1. The van der Waals surface area contributed by atoms with Crippen LogP contribution >= 0.6 is 0 Å². The Bertz CT molecular complexity index is 500. The predicted octanol–water partition coefficient (Wildman–Crippen LogP) is 1.19. The van der Waals surface area contributed by atoms with E-state index in [1.165, 1.54) is 18.2 Å². The average molecular weight is 226 g/mol. The zero-order valence-electron chi connectivity index (χ0n) is 8.04. The van der Waals surface area contributed by atoms with Crippen LogP contribution < -0.4 is 0 Å². The number of carboxylic acids is 1. The van der Waals surface area contributed by atoms with E-state index in [0.717, 1.165) is 12.3 Å². The number of aliphatic carboxylic acids is 1. The summed E-state index contributed by atoms with van der Waals surface area (Å²) in [6.07, 6.45) is 3.41. The highest BCUT2D eigenvalue weighted by Gasteiger charge is 2.05. The fourth-order valence-corrected chi connectivity index (χ4v) is 1.69. The van der Waals surface area contributed by atoms with Gasteiger partial charge >= 0.3 is 5.97 Å². The molecule has 1 rings (SSSR count). The molecule has 0 amide bonds. The van der Waals surface area contributed by atoms with E-state index in [4.69, 9.17) is 5.11 Å². The lowest BCUT2D eigenvalue weighted by molar-refractivity contribution is -0.131. The molecule has 0 aliphatic rings. The van der Waals surface area contributed by atoms with Crippen molar-refractivity contribution in [1.82, 2.24) is 0 Å². The summed E-state index contributed by atoms with van der Waals surface area (Å²) < 4.78 is 22.4. The van der Waals surface area contributed by atoms with Gasteiger partial charge in [0.1, 0.15) is 0 Å². The zero-order chi connectivity index (χ0) is 11.5. The number of benzene rings is 1. The Kier molecular flexibility index (Phi) is 3.26. The van der Waals surface area contributed by atoms with Gasteiger partial charge < -0.3 is 5.11 Å². The SMILES string of the molecule is CS(=O)(=O)c1cccc(/C=C/C(=O)O)c1. The number of sulfone groups is 1. The second-order valence-electron chi connectivity index (χ2n) is 3.02. The number of carbonyl (C=O) groups is 1. The Morgan fingerprint density at radius 2 is 2.07 bits per heavy atom. The predicted molar refractivity (Wildman–Crippen MR) is 56.2 cm³/mol. The van der Waals surface area contributed by atoms with Crippen molar-refractivity contribution in [2.75, 3.05) is 6.26 Å². The lowest BCUT2D eigenvalue weighted by Crippen LogP contribution is -1.96. The van der Waals surface area contributed by atoms with Gasteiger partial charge in [0.25, 0.3) is 0 Å². The van der Waals surface area contributed by atoms with E-state index < -0.39 is 15.8 Å². The quantitative estimate of drug-likeness (QED) is 0.786. The molecule has 80 valence electrons. The first-order valence-corrected chi connectivity index (χ1v) is 6.00. The van der Waals surface area contributed by atoms with Crippen LogP contribution in [0.2, 0.25) is 0 Å². The van der Waals surface area contributed by atoms with E-state index in [0.29, 0.717) is 5.56 Å². The number of hydrogen-bond acceptors (Lipinski definition) is 3. The minimum atomic E-state index is -3.25. The fraction of sp³-hybridized carbons (Fsp3) is 0.100. The standard InChI is InChI=1S/C10H10O4S/c1-15(13,14)9-4-2-3-8(7-9)5-6-10(11)12/h2-7H,1H3,(H,11,12)/b6-5+. The van der Waals surface area contributed by atoms with E-state index >= 15 is 0 Å². The molecule has 0 radical (unpaired) electrons. The Morgan fingerprint density at radius 3 is 2.60 bits per heavy atom. The van der Waals surface area contributed by atoms with E-state index in [2.05, 4.69) is 0 Å². The highest BCUT2D eigenvalue weighted by molar-refractivity contribution is 7.90. The lowest BCUT2D eigenvalue weighted by atomic mass is 10.2. The summed E-state index contributed by atoms with van der Waals surface area (Å²) in [5.74, 6) is -1.07. The average Bonchev–Trinajstić information content (AvgIpc) is 2.14. The van der Waals surface area contributed by atoms with Gasteiger partial charge in [-0.25, -0.2) is 13.2 Å². The van der Waals surface area contributed by atoms with Crippen molar-refractivity contribution >= 4 is 21.9 Å². The van der Waals surface area contributed by atoms with Crippen molar-refractivity contribution < 1.29 is 18.3 Å². The Hall–Kier alpha value is -1.62. The number of hydrogen-bond donors (Lipinski definition) is 1. The third-order valence-electron chi connectivity index (χ3n) is 1.70. The molecule has 0 saturated heterocycles. The van der Waals surface area contributed by atoms with Crippen LogP contribution in [-0.2, 0) is 14.6 Å². The molecule has 1 aromatic carbocycles. The molecule has 0 saturated carbocycles. The molecule has 0 fully saturated rings. The normalized spacial score (nSPS) is 11.8. The van der Waals surface area contributed by atoms with Crippen molar-refractivity contribution in [2.45, 2.75) is 4.90 Å². The third kappa shape index (κ3) is 3.55. The van der Waals surface area contributed by atoms with Crippen LogP contribution in [0.5, 0.6) is 0 Å². The molecular formula is C10H10O4S. The Morgan fingerprint density at radius 1 is 1.40 bits per heavy atom. The minimum Gasteiger partial charge on any atom is -0.478 e. The van der Waals surface area contributed by atoms with Crippen LogP contribution in [0.1, 0.15) is 5.56 Å². The first-order chi connectivity index (χ1) is 6.89. The van der Waals surface area contributed by atoms with Crippen LogP contribution in [0.4, 0.5) is 0 Å². The van der Waals surface area contributed by atoms with E-state index in [1.54, 1.807) is 12.1 Å². The first-order valence-electron chi connectivity index (χ1n) is 4.11. The lowest BCUT2D eigenvalue weighted by Gasteiger charge is -1.98. The molecule has 0 unspecified atom stereocenters. The van der Waals surface area contributed by atoms with Crippen LogP contribution in [0.15, 0.2) is 35.2 Å². The monoisotopic (exact) mass is 226 g/mol. The van der Waals surface area contributed by atoms with Gasteiger partial charge in [0.15, 0.2) is 9.84 Å². The number of rotatable bonds is 3. The van der Waals surface area contributed by atoms with Crippen LogP contribution in [0.25, 0.3) is 6.08 Å². The summed E-state index contributed by atoms with van der Waals surface area (Å²) in [7, 11) is -3.25. The molecule has 5 heteroatoms. The molecule has 0 heterocycles. The second kappa shape index (κ2) is 4.27. The van der Waals surface area contributed by atoms with Gasteiger partial charge in [-0.05, 0) is 23.8 Å². The van der Waals surface area contributed by atoms with Gasteiger partial charge in [-0.2, -0.15) is 0 Å².